The predicted molar refractivity (Wildman–Crippen MR) is 256 cm³/mol. The summed E-state index contributed by atoms with van der Waals surface area (Å²) < 4.78 is 4.82. The van der Waals surface area contributed by atoms with Gasteiger partial charge in [-0.2, -0.15) is 0 Å². The average Bonchev–Trinajstić information content (AvgIpc) is 3.88. The highest BCUT2D eigenvalue weighted by molar-refractivity contribution is 6.14. The maximum Gasteiger partial charge on any atom is 0.164 e. The minimum Gasteiger partial charge on any atom is -0.309 e. The van der Waals surface area contributed by atoms with E-state index >= 15 is 0 Å². The van der Waals surface area contributed by atoms with Gasteiger partial charge in [0.2, 0.25) is 0 Å². The molecule has 0 spiro atoms. The van der Waals surface area contributed by atoms with E-state index in [4.69, 9.17) is 15.0 Å². The molecule has 0 amide bonds. The molecule has 0 aliphatic rings. The minimum atomic E-state index is 0.641. The second-order valence-electron chi connectivity index (χ2n) is 15.6. The van der Waals surface area contributed by atoms with Gasteiger partial charge < -0.3 is 9.13 Å². The Kier molecular flexibility index (Phi) is 8.42. The molecule has 290 valence electrons. The van der Waals surface area contributed by atoms with Crippen LogP contribution in [0.25, 0.3) is 111 Å². The monoisotopic (exact) mass is 791 g/mol. The summed E-state index contributed by atoms with van der Waals surface area (Å²) in [6.07, 6.45) is 0. The van der Waals surface area contributed by atoms with Crippen LogP contribution >= 0.6 is 0 Å². The second-order valence-corrected chi connectivity index (χ2v) is 15.6. The fourth-order valence-electron chi connectivity index (χ4n) is 9.09. The van der Waals surface area contributed by atoms with Gasteiger partial charge in [0.25, 0.3) is 0 Å². The molecule has 3 aromatic heterocycles. The van der Waals surface area contributed by atoms with Gasteiger partial charge >= 0.3 is 0 Å². The van der Waals surface area contributed by atoms with Gasteiger partial charge in [-0.25, -0.2) is 15.0 Å². The van der Waals surface area contributed by atoms with Gasteiger partial charge in [0.1, 0.15) is 0 Å². The third kappa shape index (κ3) is 5.98. The number of fused-ring (bicyclic) bond motifs is 6. The van der Waals surface area contributed by atoms with Crippen molar-refractivity contribution in [3.8, 4) is 67.8 Å². The Bertz CT molecular complexity index is 3550. The van der Waals surface area contributed by atoms with Gasteiger partial charge in [0.15, 0.2) is 17.5 Å². The third-order valence-electron chi connectivity index (χ3n) is 12.0. The maximum absolute atomic E-state index is 4.95. The highest BCUT2D eigenvalue weighted by atomic mass is 15.0. The SMILES string of the molecule is c1ccc(-c2nc(-c3ccccc3)nc(-c3ccc(-c4ccc5c(c4)c4ccccc4n5-c4cccc(-c5cccc6c7ccccc7n(-c7ccccc7)c56)c4)cc3)n2)cc1. The smallest absolute Gasteiger partial charge is 0.164 e. The van der Waals surface area contributed by atoms with Gasteiger partial charge in [-0.05, 0) is 65.2 Å². The molecule has 3 heterocycles. The molecule has 0 saturated heterocycles. The number of nitrogens with zero attached hydrogens (tertiary/aromatic N) is 5. The summed E-state index contributed by atoms with van der Waals surface area (Å²) in [6.45, 7) is 0. The van der Waals surface area contributed by atoms with Crippen LogP contribution in [0.2, 0.25) is 0 Å². The lowest BCUT2D eigenvalue weighted by atomic mass is 10.0. The minimum absolute atomic E-state index is 0.641. The number of hydrogen-bond donors (Lipinski definition) is 0. The summed E-state index contributed by atoms with van der Waals surface area (Å²) >= 11 is 0. The molecular weight excluding hydrogens is 755 g/mol. The molecule has 5 heteroatoms. The molecule has 0 aliphatic heterocycles. The molecule has 12 aromatic rings. The van der Waals surface area contributed by atoms with Gasteiger partial charge in [-0.3, -0.25) is 0 Å². The van der Waals surface area contributed by atoms with Crippen LogP contribution in [0, 0.1) is 0 Å². The second kappa shape index (κ2) is 14.7. The Morgan fingerprint density at radius 2 is 0.710 bits per heavy atom. The van der Waals surface area contributed by atoms with Crippen LogP contribution in [-0.4, -0.2) is 24.1 Å². The lowest BCUT2D eigenvalue weighted by Gasteiger charge is -2.14. The lowest BCUT2D eigenvalue weighted by Crippen LogP contribution is -2.00. The number of benzene rings is 9. The fourth-order valence-corrected chi connectivity index (χ4v) is 9.09. The Morgan fingerprint density at radius 1 is 0.258 bits per heavy atom. The largest absolute Gasteiger partial charge is 0.309 e. The molecule has 0 bridgehead atoms. The van der Waals surface area contributed by atoms with Crippen molar-refractivity contribution in [2.45, 2.75) is 0 Å². The molecular formula is C57H37N5. The molecule has 0 saturated carbocycles. The van der Waals surface area contributed by atoms with Gasteiger partial charge in [-0.15, -0.1) is 0 Å². The number of para-hydroxylation sites is 4. The zero-order valence-corrected chi connectivity index (χ0v) is 33.6. The Morgan fingerprint density at radius 3 is 1.37 bits per heavy atom. The Balaban J connectivity index is 0.947. The Labute approximate surface area is 358 Å². The van der Waals surface area contributed by atoms with E-state index < -0.39 is 0 Å². The molecule has 12 rings (SSSR count). The van der Waals surface area contributed by atoms with Crippen LogP contribution in [0.15, 0.2) is 224 Å². The van der Waals surface area contributed by atoms with Crippen molar-refractivity contribution in [1.82, 2.24) is 24.1 Å². The van der Waals surface area contributed by atoms with E-state index in [9.17, 15) is 0 Å². The summed E-state index contributed by atoms with van der Waals surface area (Å²) in [6, 6.07) is 79.4. The third-order valence-corrected chi connectivity index (χ3v) is 12.0. The molecule has 0 fully saturated rings. The number of aromatic nitrogens is 5. The van der Waals surface area contributed by atoms with E-state index in [1.54, 1.807) is 0 Å². The summed E-state index contributed by atoms with van der Waals surface area (Å²) in [7, 11) is 0. The summed E-state index contributed by atoms with van der Waals surface area (Å²) in [5.41, 5.74) is 14.5. The summed E-state index contributed by atoms with van der Waals surface area (Å²) in [5, 5.41) is 4.91. The fraction of sp³-hybridized carbons (Fsp3) is 0. The molecule has 0 aliphatic carbocycles. The average molecular weight is 792 g/mol. The summed E-state index contributed by atoms with van der Waals surface area (Å²) in [5.74, 6) is 1.94. The van der Waals surface area contributed by atoms with E-state index in [-0.39, 0.29) is 0 Å². The first kappa shape index (κ1) is 35.5. The zero-order chi connectivity index (χ0) is 41.0. The van der Waals surface area contributed by atoms with E-state index in [2.05, 4.69) is 173 Å². The quantitative estimate of drug-likeness (QED) is 0.162. The zero-order valence-electron chi connectivity index (χ0n) is 33.6. The van der Waals surface area contributed by atoms with Crippen molar-refractivity contribution in [3.05, 3.63) is 224 Å². The van der Waals surface area contributed by atoms with Crippen molar-refractivity contribution in [2.75, 3.05) is 0 Å². The topological polar surface area (TPSA) is 48.5 Å². The maximum atomic E-state index is 4.95. The first-order valence-electron chi connectivity index (χ1n) is 20.9. The van der Waals surface area contributed by atoms with Crippen molar-refractivity contribution in [1.29, 1.82) is 0 Å². The van der Waals surface area contributed by atoms with Gasteiger partial charge in [-0.1, -0.05) is 176 Å². The molecule has 0 unspecified atom stereocenters. The lowest BCUT2D eigenvalue weighted by molar-refractivity contribution is 1.07. The van der Waals surface area contributed by atoms with Crippen LogP contribution in [0.3, 0.4) is 0 Å². The normalized spacial score (nSPS) is 11.5. The Hall–Kier alpha value is -8.41. The molecule has 9 aromatic carbocycles. The van der Waals surface area contributed by atoms with Crippen molar-refractivity contribution in [3.63, 3.8) is 0 Å². The van der Waals surface area contributed by atoms with E-state index in [1.807, 2.05) is 60.7 Å². The molecule has 5 nitrogen and oxygen atoms in total. The van der Waals surface area contributed by atoms with Crippen molar-refractivity contribution < 1.29 is 0 Å². The van der Waals surface area contributed by atoms with E-state index in [0.29, 0.717) is 17.5 Å². The highest BCUT2D eigenvalue weighted by Gasteiger charge is 2.19. The van der Waals surface area contributed by atoms with Crippen LogP contribution in [0.4, 0.5) is 0 Å². The first-order valence-corrected chi connectivity index (χ1v) is 20.9. The van der Waals surface area contributed by atoms with Gasteiger partial charge in [0, 0.05) is 55.2 Å². The number of hydrogen-bond acceptors (Lipinski definition) is 3. The highest BCUT2D eigenvalue weighted by Crippen LogP contribution is 2.40. The molecule has 0 atom stereocenters. The first-order chi connectivity index (χ1) is 30.7. The van der Waals surface area contributed by atoms with E-state index in [1.165, 1.54) is 49.2 Å². The van der Waals surface area contributed by atoms with Crippen LogP contribution < -0.4 is 0 Å². The van der Waals surface area contributed by atoms with Gasteiger partial charge in [0.05, 0.1) is 22.1 Å². The predicted octanol–water partition coefficient (Wildman–Crippen LogP) is 14.4. The van der Waals surface area contributed by atoms with Crippen molar-refractivity contribution >= 4 is 43.6 Å². The van der Waals surface area contributed by atoms with E-state index in [0.717, 1.165) is 44.7 Å². The van der Waals surface area contributed by atoms with Crippen LogP contribution in [0.1, 0.15) is 0 Å². The number of rotatable bonds is 7. The van der Waals surface area contributed by atoms with Crippen LogP contribution in [0.5, 0.6) is 0 Å². The molecule has 0 N–H and O–H groups in total. The standard InChI is InChI=1S/C57H37N5/c1-4-16-39(17-5-1)55-58-56(40-18-6-2-7-19-40)60-57(59-55)41-32-30-38(31-33-41)42-34-35-53-50(37-42)48-25-11-12-28-51(48)61(53)45-23-14-20-43(36-45)46-26-15-27-49-47-24-10-13-29-52(47)62(54(46)49)44-21-8-3-9-22-44/h1-37H. The van der Waals surface area contributed by atoms with Crippen molar-refractivity contribution in [2.24, 2.45) is 0 Å². The molecule has 0 radical (unpaired) electrons. The van der Waals surface area contributed by atoms with Crippen LogP contribution in [-0.2, 0) is 0 Å². The molecule has 62 heavy (non-hydrogen) atoms. The summed E-state index contributed by atoms with van der Waals surface area (Å²) in [4.78, 5) is 14.8.